The van der Waals surface area contributed by atoms with E-state index in [4.69, 9.17) is 5.11 Å². The normalized spacial score (nSPS) is 20.7. The number of fused-ring (bicyclic) bond motifs is 1. The van der Waals surface area contributed by atoms with E-state index in [1.54, 1.807) is 17.4 Å². The van der Waals surface area contributed by atoms with Crippen LogP contribution in [-0.4, -0.2) is 22.0 Å². The van der Waals surface area contributed by atoms with Gasteiger partial charge in [-0.1, -0.05) is 61.8 Å². The number of benzene rings is 1. The minimum Gasteiger partial charge on any atom is -0.481 e. The smallest absolute Gasteiger partial charge is 0.303 e. The number of carbonyl (C=O) groups excluding carboxylic acids is 1. The second kappa shape index (κ2) is 9.99. The Morgan fingerprint density at radius 3 is 2.76 bits per heavy atom. The first-order chi connectivity index (χ1) is 14.0. The summed E-state index contributed by atoms with van der Waals surface area (Å²) >= 11 is 1.57. The fourth-order valence-electron chi connectivity index (χ4n) is 4.04. The lowest BCUT2D eigenvalue weighted by molar-refractivity contribution is -0.137. The van der Waals surface area contributed by atoms with Crippen molar-refractivity contribution >= 4 is 33.2 Å². The van der Waals surface area contributed by atoms with E-state index in [-0.39, 0.29) is 24.0 Å². The molecule has 1 saturated carbocycles. The summed E-state index contributed by atoms with van der Waals surface area (Å²) in [5, 5.41) is 20.4. The van der Waals surface area contributed by atoms with Crippen molar-refractivity contribution in [3.05, 3.63) is 59.5 Å². The summed E-state index contributed by atoms with van der Waals surface area (Å²) in [5.74, 6) is -0.675. The van der Waals surface area contributed by atoms with Gasteiger partial charge in [-0.15, -0.1) is 11.3 Å². The maximum Gasteiger partial charge on any atom is 0.303 e. The molecule has 1 aromatic heterocycles. The van der Waals surface area contributed by atoms with Crippen LogP contribution in [-0.2, 0) is 9.59 Å². The van der Waals surface area contributed by atoms with Crippen molar-refractivity contribution < 1.29 is 19.8 Å². The third kappa shape index (κ3) is 5.64. The van der Waals surface area contributed by atoms with Gasteiger partial charge in [0.15, 0.2) is 0 Å². The van der Waals surface area contributed by atoms with E-state index in [1.165, 1.54) is 0 Å². The van der Waals surface area contributed by atoms with Gasteiger partial charge in [-0.2, -0.15) is 0 Å². The number of unbranched alkanes of at least 4 members (excludes halogenated alkanes) is 3. The number of carboxylic acids is 1. The number of aliphatic hydroxyl groups is 1. The minimum absolute atomic E-state index is 0.118. The van der Waals surface area contributed by atoms with Crippen LogP contribution in [0.4, 0.5) is 0 Å². The van der Waals surface area contributed by atoms with Crippen LogP contribution in [0.3, 0.4) is 0 Å². The number of ketones is 1. The molecule has 0 aliphatic heterocycles. The van der Waals surface area contributed by atoms with Crippen LogP contribution in [0.2, 0.25) is 0 Å². The second-order valence-corrected chi connectivity index (χ2v) is 8.91. The molecule has 29 heavy (non-hydrogen) atoms. The molecule has 0 saturated heterocycles. The molecule has 1 aromatic carbocycles. The Balaban J connectivity index is 1.57. The van der Waals surface area contributed by atoms with Crippen molar-refractivity contribution in [2.45, 2.75) is 51.0 Å². The standard InChI is InChI=1S/C24H28O4S/c1-16-14-21(26)19(18(16)9-4-2-3-5-11-24(27)28)12-13-20(25)23-15-17-8-6-7-10-22(17)29-23/h6-8,10,12-13,15,18-20,25H,1-5,9,11,14H2,(H,27,28)/t18-,19+,20?/m0/s1. The fraction of sp³-hybridized carbons (Fsp3) is 0.417. The number of carbonyl (C=O) groups is 2. The molecule has 1 aliphatic rings. The fourth-order valence-corrected chi connectivity index (χ4v) is 5.07. The highest BCUT2D eigenvalue weighted by Gasteiger charge is 2.35. The van der Waals surface area contributed by atoms with Crippen molar-refractivity contribution in [1.29, 1.82) is 0 Å². The topological polar surface area (TPSA) is 74.6 Å². The van der Waals surface area contributed by atoms with Crippen LogP contribution in [0.5, 0.6) is 0 Å². The number of hydrogen-bond donors (Lipinski definition) is 2. The molecule has 2 N–H and O–H groups in total. The molecule has 5 heteroatoms. The van der Waals surface area contributed by atoms with Gasteiger partial charge in [0.25, 0.3) is 0 Å². The van der Waals surface area contributed by atoms with Gasteiger partial charge in [0.2, 0.25) is 0 Å². The lowest BCUT2D eigenvalue weighted by Gasteiger charge is -2.16. The number of rotatable bonds is 10. The Morgan fingerprint density at radius 2 is 2.00 bits per heavy atom. The SMILES string of the molecule is C=C1CC(=O)[C@H](C=CC(O)c2cc3ccccc3s2)[C@H]1CCCCCCC(=O)O. The highest BCUT2D eigenvalue weighted by molar-refractivity contribution is 7.19. The van der Waals surface area contributed by atoms with E-state index in [9.17, 15) is 14.7 Å². The van der Waals surface area contributed by atoms with E-state index < -0.39 is 12.1 Å². The van der Waals surface area contributed by atoms with Crippen molar-refractivity contribution in [2.75, 3.05) is 0 Å². The minimum atomic E-state index is -0.748. The van der Waals surface area contributed by atoms with Crippen molar-refractivity contribution in [2.24, 2.45) is 11.8 Å². The van der Waals surface area contributed by atoms with Gasteiger partial charge in [0.1, 0.15) is 11.9 Å². The lowest BCUT2D eigenvalue weighted by Crippen LogP contribution is -2.13. The van der Waals surface area contributed by atoms with Crippen molar-refractivity contribution in [3.63, 3.8) is 0 Å². The number of carboxylic acid groups (broad SMARTS) is 1. The Labute approximate surface area is 175 Å². The molecule has 0 radical (unpaired) electrons. The molecule has 0 bridgehead atoms. The van der Waals surface area contributed by atoms with E-state index in [2.05, 4.69) is 6.58 Å². The van der Waals surface area contributed by atoms with Crippen LogP contribution in [0.1, 0.15) is 55.9 Å². The molecule has 0 spiro atoms. The van der Waals surface area contributed by atoms with Gasteiger partial charge >= 0.3 is 5.97 Å². The van der Waals surface area contributed by atoms with Gasteiger partial charge < -0.3 is 10.2 Å². The average Bonchev–Trinajstić information content (AvgIpc) is 3.23. The molecule has 1 aliphatic carbocycles. The summed E-state index contributed by atoms with van der Waals surface area (Å²) in [7, 11) is 0. The van der Waals surface area contributed by atoms with Crippen LogP contribution in [0.25, 0.3) is 10.1 Å². The zero-order valence-corrected chi connectivity index (χ0v) is 17.4. The van der Waals surface area contributed by atoms with E-state index >= 15 is 0 Å². The maximum atomic E-state index is 12.4. The van der Waals surface area contributed by atoms with Crippen LogP contribution in [0, 0.1) is 11.8 Å². The third-order valence-electron chi connectivity index (χ3n) is 5.62. The quantitative estimate of drug-likeness (QED) is 0.389. The summed E-state index contributed by atoms with van der Waals surface area (Å²) in [5.41, 5.74) is 0.978. The second-order valence-electron chi connectivity index (χ2n) is 7.80. The Bertz CT molecular complexity index is 877. The van der Waals surface area contributed by atoms with Gasteiger partial charge in [0, 0.05) is 28.3 Å². The van der Waals surface area contributed by atoms with E-state index in [0.29, 0.717) is 12.8 Å². The number of allylic oxidation sites excluding steroid dienone is 2. The molecular weight excluding hydrogens is 384 g/mol. The highest BCUT2D eigenvalue weighted by Crippen LogP contribution is 2.38. The number of aliphatic carboxylic acids is 1. The number of aliphatic hydroxyl groups excluding tert-OH is 1. The van der Waals surface area contributed by atoms with Crippen molar-refractivity contribution in [3.8, 4) is 0 Å². The Morgan fingerprint density at radius 1 is 1.24 bits per heavy atom. The molecule has 4 nitrogen and oxygen atoms in total. The summed E-state index contributed by atoms with van der Waals surface area (Å²) in [6.07, 6.45) is 7.92. The molecule has 3 rings (SSSR count). The van der Waals surface area contributed by atoms with E-state index in [0.717, 1.165) is 46.2 Å². The molecule has 0 amide bonds. The first kappa shape index (κ1) is 21.5. The average molecular weight is 413 g/mol. The van der Waals surface area contributed by atoms with Gasteiger partial charge in [-0.25, -0.2) is 0 Å². The Hall–Kier alpha value is -2.24. The summed E-state index contributed by atoms with van der Waals surface area (Å²) in [6, 6.07) is 10.0. The maximum absolute atomic E-state index is 12.4. The first-order valence-corrected chi connectivity index (χ1v) is 11.0. The van der Waals surface area contributed by atoms with Gasteiger partial charge in [0.05, 0.1) is 0 Å². The summed E-state index contributed by atoms with van der Waals surface area (Å²) in [4.78, 5) is 23.9. The van der Waals surface area contributed by atoms with Crippen LogP contribution < -0.4 is 0 Å². The largest absolute Gasteiger partial charge is 0.481 e. The monoisotopic (exact) mass is 412 g/mol. The number of thiophene rings is 1. The highest BCUT2D eigenvalue weighted by atomic mass is 32.1. The lowest BCUT2D eigenvalue weighted by atomic mass is 9.87. The molecule has 1 unspecified atom stereocenters. The molecule has 2 aromatic rings. The van der Waals surface area contributed by atoms with Crippen molar-refractivity contribution in [1.82, 2.24) is 0 Å². The predicted molar refractivity (Wildman–Crippen MR) is 117 cm³/mol. The molecule has 3 atom stereocenters. The number of hydrogen-bond acceptors (Lipinski definition) is 4. The summed E-state index contributed by atoms with van der Waals surface area (Å²) < 4.78 is 1.14. The summed E-state index contributed by atoms with van der Waals surface area (Å²) in [6.45, 7) is 4.10. The zero-order valence-electron chi connectivity index (χ0n) is 16.5. The zero-order chi connectivity index (χ0) is 20.8. The van der Waals surface area contributed by atoms with E-state index in [1.807, 2.05) is 36.4 Å². The molecule has 1 heterocycles. The van der Waals surface area contributed by atoms with Crippen LogP contribution >= 0.6 is 11.3 Å². The molecule has 1 fully saturated rings. The van der Waals surface area contributed by atoms with Gasteiger partial charge in [-0.05, 0) is 36.3 Å². The van der Waals surface area contributed by atoms with Crippen LogP contribution in [0.15, 0.2) is 54.6 Å². The first-order valence-electron chi connectivity index (χ1n) is 10.2. The molecular formula is C24H28O4S. The number of Topliss-reactive ketones (excluding diaryl/α,β-unsaturated/α-hetero) is 1. The van der Waals surface area contributed by atoms with Gasteiger partial charge in [-0.3, -0.25) is 9.59 Å². The predicted octanol–water partition coefficient (Wildman–Crippen LogP) is 5.68. The molecule has 154 valence electrons. The Kier molecular flexibility index (Phi) is 7.40. The third-order valence-corrected chi connectivity index (χ3v) is 6.81.